The number of rotatable bonds is 3. The molecule has 1 aliphatic heterocycles. The molecule has 1 aromatic heterocycles. The standard InChI is InChI=1S/C13H15FN4O2S.ClH/c1-13(7-2-8-15-13)12-9-18(17-16-12)10-3-5-11(6-4-10)21(14,19)20;/h3-6,9,15H,2,7-8H2,1H3;1H/t13-;/m1./s1. The van der Waals surface area contributed by atoms with E-state index in [-0.39, 0.29) is 22.8 Å². The highest BCUT2D eigenvalue weighted by Crippen LogP contribution is 2.28. The van der Waals surface area contributed by atoms with Crippen LogP contribution < -0.4 is 5.32 Å². The smallest absolute Gasteiger partial charge is 0.306 e. The summed E-state index contributed by atoms with van der Waals surface area (Å²) in [6.45, 7) is 3.03. The molecule has 0 amide bonds. The lowest BCUT2D eigenvalue weighted by atomic mass is 9.97. The molecule has 1 aliphatic rings. The third-order valence-corrected chi connectivity index (χ3v) is 4.65. The minimum atomic E-state index is -4.67. The Balaban J connectivity index is 0.00000176. The van der Waals surface area contributed by atoms with Gasteiger partial charge in [0.15, 0.2) is 0 Å². The van der Waals surface area contributed by atoms with Gasteiger partial charge in [0.1, 0.15) is 5.69 Å². The lowest BCUT2D eigenvalue weighted by Gasteiger charge is -2.20. The summed E-state index contributed by atoms with van der Waals surface area (Å²) in [6, 6.07) is 5.41. The van der Waals surface area contributed by atoms with Crippen molar-refractivity contribution < 1.29 is 12.3 Å². The zero-order valence-corrected chi connectivity index (χ0v) is 13.5. The second kappa shape index (κ2) is 5.94. The van der Waals surface area contributed by atoms with Crippen molar-refractivity contribution >= 4 is 22.6 Å². The van der Waals surface area contributed by atoms with E-state index in [4.69, 9.17) is 0 Å². The first-order chi connectivity index (χ1) is 9.88. The Labute approximate surface area is 134 Å². The Hall–Kier alpha value is -1.51. The van der Waals surface area contributed by atoms with Crippen molar-refractivity contribution in [3.8, 4) is 5.69 Å². The molecule has 1 saturated heterocycles. The maximum Gasteiger partial charge on any atom is 0.332 e. The molecule has 9 heteroatoms. The summed E-state index contributed by atoms with van der Waals surface area (Å²) in [7, 11) is -4.67. The van der Waals surface area contributed by atoms with Crippen LogP contribution in [0.1, 0.15) is 25.5 Å². The minimum absolute atomic E-state index is 0. The molecule has 1 atom stereocenters. The van der Waals surface area contributed by atoms with Crippen molar-refractivity contribution in [3.05, 3.63) is 36.2 Å². The van der Waals surface area contributed by atoms with E-state index in [1.54, 1.807) is 10.9 Å². The number of aromatic nitrogens is 3. The van der Waals surface area contributed by atoms with Gasteiger partial charge in [-0.15, -0.1) is 21.4 Å². The van der Waals surface area contributed by atoms with Crippen molar-refractivity contribution in [3.63, 3.8) is 0 Å². The predicted molar refractivity (Wildman–Crippen MR) is 81.5 cm³/mol. The van der Waals surface area contributed by atoms with E-state index < -0.39 is 10.2 Å². The van der Waals surface area contributed by atoms with E-state index in [9.17, 15) is 12.3 Å². The van der Waals surface area contributed by atoms with E-state index in [1.165, 1.54) is 24.3 Å². The number of benzene rings is 1. The predicted octanol–water partition coefficient (Wildman–Crippen LogP) is 1.95. The van der Waals surface area contributed by atoms with Crippen molar-refractivity contribution in [1.29, 1.82) is 0 Å². The number of nitrogens with zero attached hydrogens (tertiary/aromatic N) is 3. The summed E-state index contributed by atoms with van der Waals surface area (Å²) in [5, 5.41) is 11.6. The number of nitrogens with one attached hydrogen (secondary N) is 1. The van der Waals surface area contributed by atoms with Crippen LogP contribution in [0.2, 0.25) is 0 Å². The van der Waals surface area contributed by atoms with E-state index in [0.29, 0.717) is 5.69 Å². The second-order valence-corrected chi connectivity index (χ2v) is 6.69. The molecule has 1 aromatic carbocycles. The van der Waals surface area contributed by atoms with Crippen LogP contribution in [0.3, 0.4) is 0 Å². The average Bonchev–Trinajstić information content (AvgIpc) is 3.07. The maximum absolute atomic E-state index is 12.8. The molecule has 1 fully saturated rings. The second-order valence-electron chi connectivity index (χ2n) is 5.34. The Morgan fingerprint density at radius 3 is 2.55 bits per heavy atom. The van der Waals surface area contributed by atoms with Crippen LogP contribution in [-0.4, -0.2) is 30.0 Å². The highest BCUT2D eigenvalue weighted by Gasteiger charge is 2.32. The Morgan fingerprint density at radius 1 is 1.32 bits per heavy atom. The fourth-order valence-electron chi connectivity index (χ4n) is 2.52. The van der Waals surface area contributed by atoms with Crippen LogP contribution in [0.15, 0.2) is 35.4 Å². The third kappa shape index (κ3) is 3.13. The Kier molecular flexibility index (Phi) is 4.55. The molecular weight excluding hydrogens is 331 g/mol. The minimum Gasteiger partial charge on any atom is -0.306 e. The van der Waals surface area contributed by atoms with E-state index in [2.05, 4.69) is 22.6 Å². The molecule has 0 aliphatic carbocycles. The van der Waals surface area contributed by atoms with Crippen LogP contribution in [0, 0.1) is 0 Å². The molecule has 2 heterocycles. The molecule has 0 unspecified atom stereocenters. The molecule has 6 nitrogen and oxygen atoms in total. The third-order valence-electron chi connectivity index (χ3n) is 3.81. The number of hydrogen-bond acceptors (Lipinski definition) is 5. The molecule has 0 saturated carbocycles. The average molecular weight is 347 g/mol. The molecule has 0 spiro atoms. The molecule has 2 aromatic rings. The maximum atomic E-state index is 12.8. The lowest BCUT2D eigenvalue weighted by molar-refractivity contribution is 0.421. The summed E-state index contributed by atoms with van der Waals surface area (Å²) in [4.78, 5) is -0.365. The quantitative estimate of drug-likeness (QED) is 0.859. The van der Waals surface area contributed by atoms with Gasteiger partial charge in [0, 0.05) is 0 Å². The van der Waals surface area contributed by atoms with Crippen molar-refractivity contribution in [2.24, 2.45) is 0 Å². The van der Waals surface area contributed by atoms with Crippen LogP contribution in [0.25, 0.3) is 5.69 Å². The van der Waals surface area contributed by atoms with E-state index in [0.717, 1.165) is 25.1 Å². The molecule has 22 heavy (non-hydrogen) atoms. The highest BCUT2D eigenvalue weighted by molar-refractivity contribution is 7.86. The van der Waals surface area contributed by atoms with E-state index in [1.807, 2.05) is 0 Å². The fourth-order valence-corrected chi connectivity index (χ4v) is 2.98. The molecule has 1 N–H and O–H groups in total. The zero-order valence-electron chi connectivity index (χ0n) is 11.9. The van der Waals surface area contributed by atoms with E-state index >= 15 is 0 Å². The van der Waals surface area contributed by atoms with Gasteiger partial charge in [-0.05, 0) is 50.6 Å². The molecular formula is C13H16ClFN4O2S. The summed E-state index contributed by atoms with van der Waals surface area (Å²) in [6.07, 6.45) is 3.88. The molecule has 0 bridgehead atoms. The van der Waals surface area contributed by atoms with Crippen molar-refractivity contribution in [2.75, 3.05) is 6.54 Å². The summed E-state index contributed by atoms with van der Waals surface area (Å²) < 4.78 is 36.0. The van der Waals surface area contributed by atoms with Crippen LogP contribution in [0.5, 0.6) is 0 Å². The normalized spacial score (nSPS) is 21.5. The summed E-state index contributed by atoms with van der Waals surface area (Å²) in [5.74, 6) is 0. The van der Waals surface area contributed by atoms with Crippen LogP contribution in [-0.2, 0) is 15.8 Å². The zero-order chi connectivity index (χ0) is 15.1. The van der Waals surface area contributed by atoms with Gasteiger partial charge in [-0.3, -0.25) is 0 Å². The van der Waals surface area contributed by atoms with Gasteiger partial charge < -0.3 is 5.32 Å². The van der Waals surface area contributed by atoms with Crippen molar-refractivity contribution in [1.82, 2.24) is 20.3 Å². The molecule has 0 radical (unpaired) electrons. The molecule has 3 rings (SSSR count). The van der Waals surface area contributed by atoms with Gasteiger partial charge in [0.05, 0.1) is 22.3 Å². The lowest BCUT2D eigenvalue weighted by Crippen LogP contribution is -2.33. The first kappa shape index (κ1) is 16.9. The van der Waals surface area contributed by atoms with Gasteiger partial charge in [0.25, 0.3) is 0 Å². The first-order valence-electron chi connectivity index (χ1n) is 6.61. The fraction of sp³-hybridized carbons (Fsp3) is 0.385. The van der Waals surface area contributed by atoms with Gasteiger partial charge >= 0.3 is 10.2 Å². The first-order valence-corrected chi connectivity index (χ1v) is 8.00. The number of hydrogen-bond donors (Lipinski definition) is 1. The van der Waals surface area contributed by atoms with Gasteiger partial charge in [-0.2, -0.15) is 8.42 Å². The monoisotopic (exact) mass is 346 g/mol. The van der Waals surface area contributed by atoms with Gasteiger partial charge in [-0.25, -0.2) is 4.68 Å². The summed E-state index contributed by atoms with van der Waals surface area (Å²) >= 11 is 0. The van der Waals surface area contributed by atoms with Crippen LogP contribution in [0.4, 0.5) is 3.89 Å². The molecule has 120 valence electrons. The van der Waals surface area contributed by atoms with Crippen LogP contribution >= 0.6 is 12.4 Å². The summed E-state index contributed by atoms with van der Waals surface area (Å²) in [5.41, 5.74) is 1.28. The largest absolute Gasteiger partial charge is 0.332 e. The van der Waals surface area contributed by atoms with Gasteiger partial charge in [-0.1, -0.05) is 5.21 Å². The Morgan fingerprint density at radius 2 is 2.00 bits per heavy atom. The number of halogens is 2. The topological polar surface area (TPSA) is 76.9 Å². The van der Waals surface area contributed by atoms with Gasteiger partial charge in [0.2, 0.25) is 0 Å². The Bertz CT molecular complexity index is 755. The SMILES string of the molecule is C[C@]1(c2cn(-c3ccc(S(=O)(=O)F)cc3)nn2)CCCN1.Cl. The highest BCUT2D eigenvalue weighted by atomic mass is 35.5. The van der Waals surface area contributed by atoms with Crippen molar-refractivity contribution in [2.45, 2.75) is 30.2 Å².